The molecule has 0 bridgehead atoms. The first-order chi connectivity index (χ1) is 10.9. The van der Waals surface area contributed by atoms with Gasteiger partial charge in [0.1, 0.15) is 6.29 Å². The summed E-state index contributed by atoms with van der Waals surface area (Å²) < 4.78 is 0. The molecule has 0 aromatic heterocycles. The zero-order valence-corrected chi connectivity index (χ0v) is 15.1. The molecule has 0 saturated carbocycles. The summed E-state index contributed by atoms with van der Waals surface area (Å²) in [6.07, 6.45) is 16.6. The van der Waals surface area contributed by atoms with Crippen LogP contribution in [-0.2, 0) is 4.79 Å². The van der Waals surface area contributed by atoms with E-state index in [1.54, 1.807) is 6.08 Å². The Morgan fingerprint density at radius 3 is 2.30 bits per heavy atom. The van der Waals surface area contributed by atoms with E-state index in [0.717, 1.165) is 11.9 Å². The molecule has 0 fully saturated rings. The van der Waals surface area contributed by atoms with Gasteiger partial charge in [-0.15, -0.1) is 0 Å². The quantitative estimate of drug-likeness (QED) is 0.323. The maximum absolute atomic E-state index is 10.3. The number of hydrogen-bond acceptors (Lipinski definition) is 3. The summed E-state index contributed by atoms with van der Waals surface area (Å²) in [6.45, 7) is 10.9. The van der Waals surface area contributed by atoms with Crippen molar-refractivity contribution in [3.05, 3.63) is 58.7 Å². The number of carbonyl (C=O) groups excluding carboxylic acids is 1. The summed E-state index contributed by atoms with van der Waals surface area (Å²) in [7, 11) is 0. The number of allylic oxidation sites excluding steroid dienone is 10. The Morgan fingerprint density at radius 2 is 1.74 bits per heavy atom. The second kappa shape index (κ2) is 10.9. The Bertz CT molecular complexity index is 532. The average molecular weight is 317 g/mol. The molecule has 0 amide bonds. The third-order valence-electron chi connectivity index (χ3n) is 4.10. The van der Waals surface area contributed by atoms with Gasteiger partial charge in [0.25, 0.3) is 0 Å². The second-order valence-electron chi connectivity index (χ2n) is 6.58. The molecule has 0 saturated heterocycles. The minimum Gasteiger partial charge on any atom is -0.320 e. The Kier molecular flexibility index (Phi) is 10.1. The van der Waals surface area contributed by atoms with E-state index in [-0.39, 0.29) is 5.41 Å². The van der Waals surface area contributed by atoms with Crippen LogP contribution in [0.25, 0.3) is 0 Å². The lowest BCUT2D eigenvalue weighted by Gasteiger charge is -2.32. The molecule has 0 spiro atoms. The van der Waals surface area contributed by atoms with Gasteiger partial charge in [0, 0.05) is 0 Å². The zero-order valence-electron chi connectivity index (χ0n) is 15.1. The fourth-order valence-electron chi connectivity index (χ4n) is 2.80. The maximum Gasteiger partial charge on any atom is 0.143 e. The smallest absolute Gasteiger partial charge is 0.143 e. The van der Waals surface area contributed by atoms with Crippen LogP contribution in [0.2, 0.25) is 0 Å². The average Bonchev–Trinajstić information content (AvgIpc) is 2.48. The Balaban J connectivity index is 0.00000232. The van der Waals surface area contributed by atoms with Crippen molar-refractivity contribution in [2.24, 2.45) is 11.3 Å². The van der Waals surface area contributed by atoms with Crippen LogP contribution in [-0.4, -0.2) is 11.5 Å². The van der Waals surface area contributed by atoms with Gasteiger partial charge < -0.3 is 5.21 Å². The predicted molar refractivity (Wildman–Crippen MR) is 98.2 cm³/mol. The zero-order chi connectivity index (χ0) is 17.9. The molecule has 0 aliphatic heterocycles. The molecule has 0 atom stereocenters. The van der Waals surface area contributed by atoms with Gasteiger partial charge in [-0.3, -0.25) is 4.79 Å². The molecule has 1 rings (SSSR count). The second-order valence-corrected chi connectivity index (χ2v) is 6.58. The summed E-state index contributed by atoms with van der Waals surface area (Å²) in [6, 6.07) is 0. The fraction of sp³-hybridized carbons (Fsp3) is 0.450. The SMILES string of the molecule is CC(C=CC=C(C)C=CC1=C(C)CCCC1(C)C)=CC=O.NO. The maximum atomic E-state index is 10.3. The van der Waals surface area contributed by atoms with Crippen LogP contribution in [0.4, 0.5) is 0 Å². The van der Waals surface area contributed by atoms with Gasteiger partial charge in [0.05, 0.1) is 0 Å². The summed E-state index contributed by atoms with van der Waals surface area (Å²) in [5.74, 6) is 3.50. The summed E-state index contributed by atoms with van der Waals surface area (Å²) in [4.78, 5) is 10.3. The largest absolute Gasteiger partial charge is 0.320 e. The number of carbonyl (C=O) groups is 1. The fourth-order valence-corrected chi connectivity index (χ4v) is 2.80. The number of nitrogens with two attached hydrogens (primary N) is 1. The molecular formula is C20H31NO2. The number of rotatable bonds is 5. The van der Waals surface area contributed by atoms with Crippen molar-refractivity contribution in [3.63, 3.8) is 0 Å². The lowest BCUT2D eigenvalue weighted by molar-refractivity contribution is -0.104. The summed E-state index contributed by atoms with van der Waals surface area (Å²) >= 11 is 0. The van der Waals surface area contributed by atoms with E-state index in [4.69, 9.17) is 5.21 Å². The molecule has 0 aromatic carbocycles. The van der Waals surface area contributed by atoms with E-state index < -0.39 is 0 Å². The topological polar surface area (TPSA) is 63.3 Å². The molecule has 1 aliphatic rings. The van der Waals surface area contributed by atoms with E-state index in [9.17, 15) is 4.79 Å². The molecule has 3 N–H and O–H groups in total. The van der Waals surface area contributed by atoms with Gasteiger partial charge in [-0.05, 0) is 62.7 Å². The van der Waals surface area contributed by atoms with E-state index in [1.165, 1.54) is 36.0 Å². The Hall–Kier alpha value is -1.71. The van der Waals surface area contributed by atoms with Gasteiger partial charge in [-0.1, -0.05) is 55.4 Å². The van der Waals surface area contributed by atoms with E-state index in [0.29, 0.717) is 0 Å². The van der Waals surface area contributed by atoms with Crippen molar-refractivity contribution in [2.45, 2.75) is 53.9 Å². The monoisotopic (exact) mass is 317 g/mol. The lowest BCUT2D eigenvalue weighted by atomic mass is 9.72. The minimum absolute atomic E-state index is 0.290. The normalized spacial score (nSPS) is 19.1. The van der Waals surface area contributed by atoms with Crippen LogP contribution in [0.1, 0.15) is 53.9 Å². The van der Waals surface area contributed by atoms with Crippen molar-refractivity contribution in [2.75, 3.05) is 0 Å². The standard InChI is InChI=1S/C20H28O.H3NO/c1-16(8-6-9-17(2)13-15-21)11-12-19-18(3)10-7-14-20(19,4)5;1-2/h6,8-9,11-13,15H,7,10,14H2,1-5H3;2H,1H2. The molecule has 23 heavy (non-hydrogen) atoms. The van der Waals surface area contributed by atoms with Crippen molar-refractivity contribution >= 4 is 6.29 Å². The Labute approximate surface area is 140 Å². The first-order valence-corrected chi connectivity index (χ1v) is 7.98. The molecule has 0 radical (unpaired) electrons. The summed E-state index contributed by atoms with van der Waals surface area (Å²) in [5.41, 5.74) is 5.48. The highest BCUT2D eigenvalue weighted by molar-refractivity contribution is 5.66. The molecule has 0 heterocycles. The van der Waals surface area contributed by atoms with Crippen molar-refractivity contribution in [1.29, 1.82) is 0 Å². The first-order valence-electron chi connectivity index (χ1n) is 7.98. The molecule has 128 valence electrons. The highest BCUT2D eigenvalue weighted by Gasteiger charge is 2.26. The molecule has 3 heteroatoms. The van der Waals surface area contributed by atoms with E-state index in [1.807, 2.05) is 19.1 Å². The van der Waals surface area contributed by atoms with Crippen molar-refractivity contribution in [3.8, 4) is 0 Å². The third kappa shape index (κ3) is 7.91. The van der Waals surface area contributed by atoms with Crippen molar-refractivity contribution in [1.82, 2.24) is 0 Å². The van der Waals surface area contributed by atoms with Crippen LogP contribution in [0.5, 0.6) is 0 Å². The third-order valence-corrected chi connectivity index (χ3v) is 4.10. The van der Waals surface area contributed by atoms with Gasteiger partial charge >= 0.3 is 0 Å². The Morgan fingerprint density at radius 1 is 1.13 bits per heavy atom. The van der Waals surface area contributed by atoms with E-state index >= 15 is 0 Å². The van der Waals surface area contributed by atoms with Crippen LogP contribution < -0.4 is 5.90 Å². The highest BCUT2D eigenvalue weighted by atomic mass is 16.4. The summed E-state index contributed by atoms with van der Waals surface area (Å²) in [5, 5.41) is 6.50. The molecule has 0 unspecified atom stereocenters. The number of hydrogen-bond donors (Lipinski definition) is 2. The molecular weight excluding hydrogens is 286 g/mol. The van der Waals surface area contributed by atoms with Crippen LogP contribution in [0.15, 0.2) is 58.7 Å². The van der Waals surface area contributed by atoms with Gasteiger partial charge in [0.15, 0.2) is 0 Å². The van der Waals surface area contributed by atoms with Crippen LogP contribution in [0, 0.1) is 5.41 Å². The minimum atomic E-state index is 0.290. The van der Waals surface area contributed by atoms with Gasteiger partial charge in [-0.2, -0.15) is 0 Å². The molecule has 1 aliphatic carbocycles. The van der Waals surface area contributed by atoms with Crippen molar-refractivity contribution < 1.29 is 10.0 Å². The highest BCUT2D eigenvalue weighted by Crippen LogP contribution is 2.40. The van der Waals surface area contributed by atoms with Gasteiger partial charge in [0.2, 0.25) is 0 Å². The first kappa shape index (κ1) is 21.3. The van der Waals surface area contributed by atoms with Crippen LogP contribution >= 0.6 is 0 Å². The van der Waals surface area contributed by atoms with Crippen LogP contribution in [0.3, 0.4) is 0 Å². The predicted octanol–water partition coefficient (Wildman–Crippen LogP) is 5.05. The van der Waals surface area contributed by atoms with Gasteiger partial charge in [-0.25, -0.2) is 5.90 Å². The lowest BCUT2D eigenvalue weighted by Crippen LogP contribution is -2.19. The molecule has 3 nitrogen and oxygen atoms in total. The number of aldehydes is 1. The van der Waals surface area contributed by atoms with E-state index in [2.05, 4.69) is 51.8 Å². The molecule has 0 aromatic rings.